The molecule has 0 atom stereocenters. The first-order valence-electron chi connectivity index (χ1n) is 6.06. The summed E-state index contributed by atoms with van der Waals surface area (Å²) in [4.78, 5) is 23.0. The number of nitrogens with one attached hydrogen (secondary N) is 3. The van der Waals surface area contributed by atoms with Crippen LogP contribution in [0.5, 0.6) is 0 Å². The van der Waals surface area contributed by atoms with E-state index >= 15 is 0 Å². The molecule has 0 spiro atoms. The molecule has 0 radical (unpaired) electrons. The minimum atomic E-state index is -0.338. The van der Waals surface area contributed by atoms with Gasteiger partial charge in [0.25, 0.3) is 11.5 Å². The number of carbonyl (C=O) groups excluding carboxylic acids is 1. The van der Waals surface area contributed by atoms with Crippen molar-refractivity contribution in [2.75, 3.05) is 5.32 Å². The van der Waals surface area contributed by atoms with Crippen LogP contribution in [0.2, 0.25) is 0 Å². The van der Waals surface area contributed by atoms with E-state index in [2.05, 4.69) is 36.3 Å². The minimum Gasteiger partial charge on any atom is -0.320 e. The molecule has 0 bridgehead atoms. The molecular weight excluding hydrogens is 242 g/mol. The number of benzene rings is 1. The number of hydrogen-bond donors (Lipinski definition) is 3. The molecule has 19 heavy (non-hydrogen) atoms. The van der Waals surface area contributed by atoms with Crippen molar-refractivity contribution in [3.8, 4) is 0 Å². The quantitative estimate of drug-likeness (QED) is 0.773. The highest BCUT2D eigenvalue weighted by Crippen LogP contribution is 2.29. The maximum Gasteiger partial charge on any atom is 0.273 e. The van der Waals surface area contributed by atoms with Gasteiger partial charge in [-0.25, -0.2) is 0 Å². The molecule has 3 N–H and O–H groups in total. The number of carbonyl (C=O) groups is 1. The highest BCUT2D eigenvalue weighted by molar-refractivity contribution is 6.03. The van der Waals surface area contributed by atoms with Gasteiger partial charge in [0, 0.05) is 11.8 Å². The van der Waals surface area contributed by atoms with Crippen LogP contribution in [-0.4, -0.2) is 16.1 Å². The summed E-state index contributed by atoms with van der Waals surface area (Å²) >= 11 is 0. The van der Waals surface area contributed by atoms with E-state index in [9.17, 15) is 9.59 Å². The van der Waals surface area contributed by atoms with E-state index in [4.69, 9.17) is 0 Å². The molecule has 0 saturated carbocycles. The third kappa shape index (κ3) is 2.93. The summed E-state index contributed by atoms with van der Waals surface area (Å²) in [6, 6.07) is 8.87. The Balaban J connectivity index is 2.29. The Labute approximate surface area is 111 Å². The van der Waals surface area contributed by atoms with Crippen LogP contribution in [0.25, 0.3) is 0 Å². The molecule has 0 unspecified atom stereocenters. The number of anilines is 1. The van der Waals surface area contributed by atoms with E-state index in [1.807, 2.05) is 24.3 Å². The van der Waals surface area contributed by atoms with Crippen LogP contribution < -0.4 is 10.9 Å². The molecule has 1 aromatic heterocycles. The molecule has 1 amide bonds. The summed E-state index contributed by atoms with van der Waals surface area (Å²) in [5.74, 6) is -0.338. The van der Waals surface area contributed by atoms with Gasteiger partial charge in [-0.15, -0.1) is 0 Å². The van der Waals surface area contributed by atoms with Crippen molar-refractivity contribution >= 4 is 11.6 Å². The van der Waals surface area contributed by atoms with Crippen molar-refractivity contribution in [1.82, 2.24) is 10.2 Å². The summed E-state index contributed by atoms with van der Waals surface area (Å²) in [5.41, 5.74) is 1.61. The van der Waals surface area contributed by atoms with Crippen LogP contribution in [-0.2, 0) is 5.41 Å². The van der Waals surface area contributed by atoms with Gasteiger partial charge in [-0.05, 0) is 17.0 Å². The molecule has 0 saturated heterocycles. The van der Waals surface area contributed by atoms with Crippen molar-refractivity contribution in [2.45, 2.75) is 26.2 Å². The normalized spacial score (nSPS) is 11.3. The highest BCUT2D eigenvalue weighted by Gasteiger charge is 2.19. The zero-order valence-electron chi connectivity index (χ0n) is 11.2. The number of amides is 1. The van der Waals surface area contributed by atoms with Gasteiger partial charge in [-0.1, -0.05) is 39.0 Å². The van der Waals surface area contributed by atoms with Crippen LogP contribution in [0.15, 0.2) is 35.1 Å². The fourth-order valence-electron chi connectivity index (χ4n) is 1.89. The van der Waals surface area contributed by atoms with Gasteiger partial charge in [0.15, 0.2) is 0 Å². The van der Waals surface area contributed by atoms with Crippen molar-refractivity contribution in [3.05, 3.63) is 51.9 Å². The highest BCUT2D eigenvalue weighted by atomic mass is 16.2. The van der Waals surface area contributed by atoms with Gasteiger partial charge in [0.2, 0.25) is 0 Å². The molecule has 100 valence electrons. The Morgan fingerprint density at radius 1 is 1.16 bits per heavy atom. The molecule has 0 aliphatic heterocycles. The lowest BCUT2D eigenvalue weighted by molar-refractivity contribution is 0.102. The lowest BCUT2D eigenvalue weighted by atomic mass is 9.86. The Morgan fingerprint density at radius 3 is 2.42 bits per heavy atom. The monoisotopic (exact) mass is 259 g/mol. The predicted octanol–water partition coefficient (Wildman–Crippen LogP) is 2.25. The maximum atomic E-state index is 12.0. The Kier molecular flexibility index (Phi) is 3.29. The number of rotatable bonds is 2. The maximum absolute atomic E-state index is 12.0. The third-order valence-electron chi connectivity index (χ3n) is 2.82. The van der Waals surface area contributed by atoms with E-state index in [0.29, 0.717) is 0 Å². The van der Waals surface area contributed by atoms with Gasteiger partial charge < -0.3 is 5.32 Å². The van der Waals surface area contributed by atoms with Crippen molar-refractivity contribution in [1.29, 1.82) is 0 Å². The standard InChI is InChI=1S/C14H17N3O2/c1-14(2,3)9-6-4-5-7-10(9)15-13(19)11-8-12(18)17-16-11/h4-8H,1-3H3,(H,15,19)(H2,16,17,18). The van der Waals surface area contributed by atoms with E-state index in [-0.39, 0.29) is 22.6 Å². The Hall–Kier alpha value is -2.30. The number of para-hydroxylation sites is 1. The number of aromatic amines is 2. The zero-order valence-corrected chi connectivity index (χ0v) is 11.2. The fourth-order valence-corrected chi connectivity index (χ4v) is 1.89. The second-order valence-electron chi connectivity index (χ2n) is 5.42. The molecule has 0 aliphatic rings. The Morgan fingerprint density at radius 2 is 1.84 bits per heavy atom. The summed E-state index contributed by atoms with van der Waals surface area (Å²) in [6.07, 6.45) is 0. The number of H-pyrrole nitrogens is 2. The lowest BCUT2D eigenvalue weighted by Gasteiger charge is -2.22. The summed E-state index contributed by atoms with van der Waals surface area (Å²) in [7, 11) is 0. The van der Waals surface area contributed by atoms with Gasteiger partial charge in [0.05, 0.1) is 0 Å². The van der Waals surface area contributed by atoms with Gasteiger partial charge in [-0.2, -0.15) is 0 Å². The number of hydrogen-bond acceptors (Lipinski definition) is 2. The van der Waals surface area contributed by atoms with Crippen molar-refractivity contribution < 1.29 is 4.79 Å². The first-order chi connectivity index (χ1) is 8.88. The molecule has 0 fully saturated rings. The van der Waals surface area contributed by atoms with Gasteiger partial charge in [0.1, 0.15) is 5.69 Å². The molecule has 0 aliphatic carbocycles. The summed E-state index contributed by atoms with van der Waals surface area (Å²) in [6.45, 7) is 6.24. The minimum absolute atomic E-state index is 0.0740. The van der Waals surface area contributed by atoms with Crippen LogP contribution in [0.3, 0.4) is 0 Å². The SMILES string of the molecule is CC(C)(C)c1ccccc1NC(=O)c1cc(=O)[nH][nH]1. The Bertz CT molecular complexity index is 647. The summed E-state index contributed by atoms with van der Waals surface area (Å²) in [5, 5.41) is 7.69. The first kappa shape index (κ1) is 13.1. The molecule has 5 heteroatoms. The van der Waals surface area contributed by atoms with Crippen LogP contribution >= 0.6 is 0 Å². The average Bonchev–Trinajstić information content (AvgIpc) is 2.75. The molecule has 1 aromatic carbocycles. The smallest absolute Gasteiger partial charge is 0.273 e. The third-order valence-corrected chi connectivity index (χ3v) is 2.82. The second-order valence-corrected chi connectivity index (χ2v) is 5.42. The molecule has 5 nitrogen and oxygen atoms in total. The number of aromatic nitrogens is 2. The molecular formula is C14H17N3O2. The first-order valence-corrected chi connectivity index (χ1v) is 6.06. The van der Waals surface area contributed by atoms with Crippen molar-refractivity contribution in [3.63, 3.8) is 0 Å². The summed E-state index contributed by atoms with van der Waals surface area (Å²) < 4.78 is 0. The lowest BCUT2D eigenvalue weighted by Crippen LogP contribution is -2.19. The van der Waals surface area contributed by atoms with E-state index < -0.39 is 0 Å². The van der Waals surface area contributed by atoms with Gasteiger partial charge >= 0.3 is 0 Å². The zero-order chi connectivity index (χ0) is 14.0. The second kappa shape index (κ2) is 4.76. The molecule has 1 heterocycles. The van der Waals surface area contributed by atoms with Crippen LogP contribution in [0.1, 0.15) is 36.8 Å². The molecule has 2 aromatic rings. The van der Waals surface area contributed by atoms with E-state index in [1.54, 1.807) is 0 Å². The van der Waals surface area contributed by atoms with Crippen molar-refractivity contribution in [2.24, 2.45) is 0 Å². The van der Waals surface area contributed by atoms with Gasteiger partial charge in [-0.3, -0.25) is 19.8 Å². The topological polar surface area (TPSA) is 77.8 Å². The largest absolute Gasteiger partial charge is 0.320 e. The van der Waals surface area contributed by atoms with E-state index in [0.717, 1.165) is 11.3 Å². The fraction of sp³-hybridized carbons (Fsp3) is 0.286. The van der Waals surface area contributed by atoms with Crippen LogP contribution in [0.4, 0.5) is 5.69 Å². The van der Waals surface area contributed by atoms with Crippen LogP contribution in [0, 0.1) is 0 Å². The van der Waals surface area contributed by atoms with E-state index in [1.165, 1.54) is 6.07 Å². The predicted molar refractivity (Wildman–Crippen MR) is 74.5 cm³/mol. The average molecular weight is 259 g/mol. The molecule has 2 rings (SSSR count).